The fourth-order valence-electron chi connectivity index (χ4n) is 6.30. The third-order valence-corrected chi connectivity index (χ3v) is 9.12. The van der Waals surface area contributed by atoms with Crippen LogP contribution in [0.15, 0.2) is 18.2 Å². The minimum Gasteiger partial charge on any atom is -0.397 e. The van der Waals surface area contributed by atoms with Crippen LogP contribution in [0.5, 0.6) is 0 Å². The number of nitriles is 1. The summed E-state index contributed by atoms with van der Waals surface area (Å²) in [5.74, 6) is 0.781. The number of aromatic nitrogens is 1. The summed E-state index contributed by atoms with van der Waals surface area (Å²) in [5, 5.41) is 13.9. The number of amides is 1. The first kappa shape index (κ1) is 22.3. The van der Waals surface area contributed by atoms with Gasteiger partial charge >= 0.3 is 0 Å². The summed E-state index contributed by atoms with van der Waals surface area (Å²) in [5.41, 5.74) is 10.3. The lowest BCUT2D eigenvalue weighted by Gasteiger charge is -2.36. The van der Waals surface area contributed by atoms with Gasteiger partial charge in [-0.05, 0) is 86.6 Å². The molecule has 2 aliphatic carbocycles. The average Bonchev–Trinajstić information content (AvgIpc) is 3.36. The zero-order valence-electron chi connectivity index (χ0n) is 19.7. The third-order valence-electron chi connectivity index (χ3n) is 8.00. The number of hydrogen-bond donors (Lipinski definition) is 2. The molecule has 2 aromatic heterocycles. The molecule has 180 valence electrons. The van der Waals surface area contributed by atoms with E-state index in [-0.39, 0.29) is 17.8 Å². The zero-order chi connectivity index (χ0) is 24.3. The van der Waals surface area contributed by atoms with Crippen molar-refractivity contribution in [2.45, 2.75) is 51.5 Å². The van der Waals surface area contributed by atoms with E-state index in [0.717, 1.165) is 40.3 Å². The van der Waals surface area contributed by atoms with Gasteiger partial charge in [0.15, 0.2) is 0 Å². The molecule has 2 bridgehead atoms. The van der Waals surface area contributed by atoms with Crippen LogP contribution >= 0.6 is 11.3 Å². The van der Waals surface area contributed by atoms with Crippen LogP contribution in [0.25, 0.3) is 10.2 Å². The zero-order valence-corrected chi connectivity index (χ0v) is 20.6. The third kappa shape index (κ3) is 3.82. The summed E-state index contributed by atoms with van der Waals surface area (Å²) >= 11 is 1.28. The standard InChI is InChI=1S/C27H28FN5OS/c1-14-2-6-19-24(30)25(35-27(19)31-14)26(34)32-17-5-7-18-20(9-17)22(28)10-23(21(18)11-29)33-12-15-3-4-16(8-15)13-33/h2,6,10,15-17H,3-5,7-9,12-13,30H2,1H3,(H,32,34)/t15?,16?,17-/m1/s1. The summed E-state index contributed by atoms with van der Waals surface area (Å²) in [6, 6.07) is 7.50. The van der Waals surface area contributed by atoms with Gasteiger partial charge in [0.2, 0.25) is 0 Å². The number of aryl methyl sites for hydroxylation is 1. The minimum atomic E-state index is -0.271. The first-order valence-corrected chi connectivity index (χ1v) is 13.2. The van der Waals surface area contributed by atoms with Crippen LogP contribution in [0.3, 0.4) is 0 Å². The number of nitrogens with zero attached hydrogens (tertiary/aromatic N) is 3. The number of anilines is 2. The lowest BCUT2D eigenvalue weighted by Crippen LogP contribution is -2.40. The van der Waals surface area contributed by atoms with Gasteiger partial charge in [0.05, 0.1) is 16.9 Å². The van der Waals surface area contributed by atoms with Crippen molar-refractivity contribution in [1.29, 1.82) is 5.26 Å². The van der Waals surface area contributed by atoms with Gasteiger partial charge in [-0.25, -0.2) is 9.37 Å². The SMILES string of the molecule is Cc1ccc2c(N)c(C(=O)N[C@@H]3CCc4c(C#N)c(N5CC6CCC(C6)C5)cc(F)c4C3)sc2n1. The van der Waals surface area contributed by atoms with Gasteiger partial charge in [-0.3, -0.25) is 4.79 Å². The van der Waals surface area contributed by atoms with E-state index in [2.05, 4.69) is 21.3 Å². The summed E-state index contributed by atoms with van der Waals surface area (Å²) in [6.45, 7) is 3.72. The Labute approximate surface area is 207 Å². The molecule has 8 heteroatoms. The van der Waals surface area contributed by atoms with Crippen molar-refractivity contribution in [3.05, 3.63) is 51.3 Å². The highest BCUT2D eigenvalue weighted by atomic mass is 32.1. The van der Waals surface area contributed by atoms with Gasteiger partial charge in [-0.15, -0.1) is 11.3 Å². The molecule has 3 atom stereocenters. The van der Waals surface area contributed by atoms with Gasteiger partial charge in [0.1, 0.15) is 21.6 Å². The van der Waals surface area contributed by atoms with Crippen LogP contribution in [0.1, 0.15) is 57.7 Å². The van der Waals surface area contributed by atoms with Gasteiger partial charge < -0.3 is 16.0 Å². The number of halogens is 1. The van der Waals surface area contributed by atoms with Crippen molar-refractivity contribution < 1.29 is 9.18 Å². The average molecular weight is 490 g/mol. The molecule has 1 aromatic carbocycles. The van der Waals surface area contributed by atoms with E-state index >= 15 is 4.39 Å². The second kappa shape index (κ2) is 8.49. The number of nitrogen functional groups attached to an aromatic ring is 1. The van der Waals surface area contributed by atoms with E-state index in [0.29, 0.717) is 52.8 Å². The Morgan fingerprint density at radius 2 is 2.03 bits per heavy atom. The number of benzene rings is 1. The Morgan fingerprint density at radius 3 is 2.77 bits per heavy atom. The number of nitrogens with two attached hydrogens (primary N) is 1. The summed E-state index contributed by atoms with van der Waals surface area (Å²) in [6.07, 6.45) is 5.32. The Kier molecular flexibility index (Phi) is 5.41. The highest BCUT2D eigenvalue weighted by molar-refractivity contribution is 7.21. The Balaban J connectivity index is 1.24. The fourth-order valence-corrected chi connectivity index (χ4v) is 7.35. The number of hydrogen-bond acceptors (Lipinski definition) is 6. The van der Waals surface area contributed by atoms with Crippen LogP contribution in [0, 0.1) is 35.9 Å². The molecule has 1 saturated carbocycles. The molecule has 1 amide bonds. The van der Waals surface area contributed by atoms with Crippen molar-refractivity contribution >= 4 is 38.8 Å². The smallest absolute Gasteiger partial charge is 0.263 e. The number of rotatable bonds is 3. The van der Waals surface area contributed by atoms with Crippen LogP contribution in [-0.4, -0.2) is 30.0 Å². The molecule has 3 N–H and O–H groups in total. The second-order valence-corrected chi connectivity index (χ2v) is 11.3. The maximum absolute atomic E-state index is 15.4. The fraction of sp³-hybridized carbons (Fsp3) is 0.444. The number of carbonyl (C=O) groups is 1. The van der Waals surface area contributed by atoms with Crippen molar-refractivity contribution in [3.63, 3.8) is 0 Å². The molecule has 1 aliphatic heterocycles. The minimum absolute atomic E-state index is 0.216. The number of thiophene rings is 1. The lowest BCUT2D eigenvalue weighted by atomic mass is 9.84. The number of piperidine rings is 1. The first-order chi connectivity index (χ1) is 16.9. The van der Waals surface area contributed by atoms with Gasteiger partial charge in [-0.2, -0.15) is 5.26 Å². The molecule has 0 spiro atoms. The molecule has 6 nitrogen and oxygen atoms in total. The predicted molar refractivity (Wildman–Crippen MR) is 136 cm³/mol. The molecule has 6 rings (SSSR count). The van der Waals surface area contributed by atoms with Crippen LogP contribution in [-0.2, 0) is 12.8 Å². The topological polar surface area (TPSA) is 95.0 Å². The van der Waals surface area contributed by atoms with Crippen molar-refractivity contribution in [2.75, 3.05) is 23.7 Å². The second-order valence-electron chi connectivity index (χ2n) is 10.3. The van der Waals surface area contributed by atoms with Crippen molar-refractivity contribution in [3.8, 4) is 6.07 Å². The van der Waals surface area contributed by atoms with Crippen LogP contribution in [0.4, 0.5) is 15.8 Å². The van der Waals surface area contributed by atoms with E-state index in [4.69, 9.17) is 5.73 Å². The van der Waals surface area contributed by atoms with Crippen molar-refractivity contribution in [2.24, 2.45) is 11.8 Å². The van der Waals surface area contributed by atoms with Crippen LogP contribution in [0.2, 0.25) is 0 Å². The molecule has 1 saturated heterocycles. The highest BCUT2D eigenvalue weighted by Gasteiger charge is 2.35. The molecular formula is C27H28FN5OS. The van der Waals surface area contributed by atoms with Gasteiger partial charge in [-0.1, -0.05) is 0 Å². The molecule has 35 heavy (non-hydrogen) atoms. The largest absolute Gasteiger partial charge is 0.397 e. The first-order valence-electron chi connectivity index (χ1n) is 12.4. The quantitative estimate of drug-likeness (QED) is 0.555. The number of carbonyl (C=O) groups excluding carboxylic acids is 1. The van der Waals surface area contributed by atoms with E-state index in [1.807, 2.05) is 19.1 Å². The number of fused-ring (bicyclic) bond motifs is 4. The molecule has 3 heterocycles. The summed E-state index contributed by atoms with van der Waals surface area (Å²) < 4.78 is 15.4. The van der Waals surface area contributed by atoms with Crippen molar-refractivity contribution in [1.82, 2.24) is 10.3 Å². The van der Waals surface area contributed by atoms with E-state index in [1.165, 1.54) is 30.6 Å². The monoisotopic (exact) mass is 489 g/mol. The van der Waals surface area contributed by atoms with E-state index in [1.54, 1.807) is 6.07 Å². The highest BCUT2D eigenvalue weighted by Crippen LogP contribution is 2.41. The maximum Gasteiger partial charge on any atom is 0.263 e. The Morgan fingerprint density at radius 1 is 1.26 bits per heavy atom. The van der Waals surface area contributed by atoms with E-state index in [9.17, 15) is 10.1 Å². The maximum atomic E-state index is 15.4. The Hall–Kier alpha value is -3.18. The molecule has 0 radical (unpaired) electrons. The van der Waals surface area contributed by atoms with E-state index < -0.39 is 0 Å². The normalized spacial score (nSPS) is 23.2. The summed E-state index contributed by atoms with van der Waals surface area (Å²) in [7, 11) is 0. The van der Waals surface area contributed by atoms with Gasteiger partial charge in [0, 0.05) is 30.2 Å². The molecule has 2 fully saturated rings. The lowest BCUT2D eigenvalue weighted by molar-refractivity contribution is 0.0938. The molecular weight excluding hydrogens is 461 g/mol. The summed E-state index contributed by atoms with van der Waals surface area (Å²) in [4.78, 5) is 21.0. The van der Waals surface area contributed by atoms with Crippen LogP contribution < -0.4 is 16.0 Å². The predicted octanol–water partition coefficient (Wildman–Crippen LogP) is 4.72. The Bertz CT molecular complexity index is 1380. The number of pyridine rings is 1. The van der Waals surface area contributed by atoms with Gasteiger partial charge in [0.25, 0.3) is 5.91 Å². The molecule has 2 unspecified atom stereocenters. The molecule has 3 aliphatic rings. The number of nitrogens with one attached hydrogen (secondary N) is 1. The molecule has 3 aromatic rings.